The fourth-order valence-electron chi connectivity index (χ4n) is 2.81. The molecule has 0 radical (unpaired) electrons. The fourth-order valence-corrected chi connectivity index (χ4v) is 2.81. The third-order valence-corrected chi connectivity index (χ3v) is 3.93. The van der Waals surface area contributed by atoms with E-state index in [2.05, 4.69) is 25.7 Å². The van der Waals surface area contributed by atoms with Gasteiger partial charge in [-0.3, -0.25) is 9.59 Å². The number of carbonyl (C=O) groups excluding carboxylic acids is 1. The van der Waals surface area contributed by atoms with E-state index < -0.39 is 0 Å². The molecule has 130 valence electrons. The molecule has 0 aliphatic carbocycles. The van der Waals surface area contributed by atoms with Gasteiger partial charge < -0.3 is 9.47 Å². The average Bonchev–Trinajstić information content (AvgIpc) is 2.46. The van der Waals surface area contributed by atoms with Gasteiger partial charge >= 0.3 is 0 Å². The maximum Gasteiger partial charge on any atom is 0.251 e. The summed E-state index contributed by atoms with van der Waals surface area (Å²) in [7, 11) is 3.99. The minimum absolute atomic E-state index is 0.0815. The van der Waals surface area contributed by atoms with E-state index in [9.17, 15) is 9.59 Å². The van der Waals surface area contributed by atoms with Crippen molar-refractivity contribution in [1.82, 2.24) is 9.47 Å². The summed E-state index contributed by atoms with van der Waals surface area (Å²) in [6.07, 6.45) is 6.23. The van der Waals surface area contributed by atoms with Crippen LogP contribution in [0.4, 0.5) is 0 Å². The van der Waals surface area contributed by atoms with E-state index >= 15 is 0 Å². The molecule has 0 fully saturated rings. The zero-order chi connectivity index (χ0) is 17.4. The molecule has 1 heterocycles. The van der Waals surface area contributed by atoms with E-state index in [4.69, 9.17) is 0 Å². The Morgan fingerprint density at radius 2 is 1.91 bits per heavy atom. The number of carbonyl (C=O) groups is 1. The lowest BCUT2D eigenvalue weighted by Crippen LogP contribution is -2.31. The number of nitrogens with zero attached hydrogens (tertiary/aromatic N) is 2. The Bertz CT molecular complexity index is 547. The van der Waals surface area contributed by atoms with Crippen molar-refractivity contribution in [3.8, 4) is 0 Å². The second kappa shape index (κ2) is 9.66. The molecule has 0 saturated carbocycles. The van der Waals surface area contributed by atoms with Crippen molar-refractivity contribution in [3.63, 3.8) is 0 Å². The highest BCUT2D eigenvalue weighted by molar-refractivity contribution is 5.82. The van der Waals surface area contributed by atoms with Gasteiger partial charge in [0, 0.05) is 25.2 Å². The Morgan fingerprint density at radius 3 is 2.48 bits per heavy atom. The predicted octanol–water partition coefficient (Wildman–Crippen LogP) is 3.65. The van der Waals surface area contributed by atoms with E-state index in [1.165, 1.54) is 0 Å². The first kappa shape index (κ1) is 19.6. The van der Waals surface area contributed by atoms with Crippen molar-refractivity contribution in [1.29, 1.82) is 0 Å². The van der Waals surface area contributed by atoms with Crippen LogP contribution in [0.2, 0.25) is 0 Å². The summed E-state index contributed by atoms with van der Waals surface area (Å²) in [4.78, 5) is 27.0. The van der Waals surface area contributed by atoms with Crippen LogP contribution in [0.25, 0.3) is 0 Å². The molecular weight excluding hydrogens is 288 g/mol. The van der Waals surface area contributed by atoms with Gasteiger partial charge in [0.15, 0.2) is 5.78 Å². The van der Waals surface area contributed by atoms with Crippen LogP contribution in [0.5, 0.6) is 0 Å². The summed E-state index contributed by atoms with van der Waals surface area (Å²) in [6, 6.07) is 3.11. The number of pyridine rings is 1. The summed E-state index contributed by atoms with van der Waals surface area (Å²) in [6.45, 7) is 7.09. The molecule has 4 nitrogen and oxygen atoms in total. The number of unbranched alkanes of at least 4 members (excludes halogenated alkanes) is 2. The van der Waals surface area contributed by atoms with Gasteiger partial charge in [0.1, 0.15) is 0 Å². The first-order valence-electron chi connectivity index (χ1n) is 8.73. The Morgan fingerprint density at radius 1 is 1.22 bits per heavy atom. The van der Waals surface area contributed by atoms with Crippen molar-refractivity contribution in [2.24, 2.45) is 5.92 Å². The zero-order valence-electron chi connectivity index (χ0n) is 15.3. The van der Waals surface area contributed by atoms with E-state index in [-0.39, 0.29) is 17.4 Å². The Hall–Kier alpha value is -1.42. The molecular formula is C19H32N2O2. The maximum absolute atomic E-state index is 12.7. The number of ketones is 1. The zero-order valence-corrected chi connectivity index (χ0v) is 15.3. The van der Waals surface area contributed by atoms with Crippen LogP contribution in [0.1, 0.15) is 64.5 Å². The van der Waals surface area contributed by atoms with E-state index in [1.807, 2.05) is 26.4 Å². The third kappa shape index (κ3) is 6.69. The minimum Gasteiger partial charge on any atom is -0.305 e. The predicted molar refractivity (Wildman–Crippen MR) is 95.7 cm³/mol. The molecule has 1 aromatic heterocycles. The first-order valence-corrected chi connectivity index (χ1v) is 8.73. The highest BCUT2D eigenvalue weighted by atomic mass is 16.1. The molecule has 0 amide bonds. The molecule has 0 aliphatic rings. The lowest BCUT2D eigenvalue weighted by Gasteiger charge is -2.22. The van der Waals surface area contributed by atoms with Gasteiger partial charge in [-0.1, -0.05) is 39.7 Å². The molecule has 0 aromatic carbocycles. The molecule has 4 heteroatoms. The normalized spacial score (nSPS) is 12.8. The number of aromatic nitrogens is 1. The van der Waals surface area contributed by atoms with Crippen molar-refractivity contribution < 1.29 is 4.79 Å². The van der Waals surface area contributed by atoms with Crippen LogP contribution < -0.4 is 5.56 Å². The Kier molecular flexibility index (Phi) is 8.24. The highest BCUT2D eigenvalue weighted by Gasteiger charge is 2.22. The summed E-state index contributed by atoms with van der Waals surface area (Å²) in [5.41, 5.74) is 0.978. The van der Waals surface area contributed by atoms with Gasteiger partial charge in [0.05, 0.1) is 6.04 Å². The summed E-state index contributed by atoms with van der Waals surface area (Å²) in [5.74, 6) is 0.566. The summed E-state index contributed by atoms with van der Waals surface area (Å²) < 4.78 is 1.66. The van der Waals surface area contributed by atoms with E-state index in [0.29, 0.717) is 12.3 Å². The summed E-state index contributed by atoms with van der Waals surface area (Å²) >= 11 is 0. The maximum atomic E-state index is 12.7. The molecule has 0 bridgehead atoms. The van der Waals surface area contributed by atoms with Crippen LogP contribution >= 0.6 is 0 Å². The largest absolute Gasteiger partial charge is 0.305 e. The monoisotopic (exact) mass is 320 g/mol. The third-order valence-electron chi connectivity index (χ3n) is 3.93. The molecule has 1 atom stereocenters. The van der Waals surface area contributed by atoms with E-state index in [1.54, 1.807) is 10.6 Å². The smallest absolute Gasteiger partial charge is 0.251 e. The van der Waals surface area contributed by atoms with Gasteiger partial charge in [-0.25, -0.2) is 0 Å². The standard InChI is InChI=1S/C19H32N2O2/c1-6-7-8-9-18(22)17(12-15(2)3)21-14-16(13-20(4)5)10-11-19(21)23/h10-11,14-15,17H,6-9,12-13H2,1-5H3. The van der Waals surface area contributed by atoms with Gasteiger partial charge in [-0.05, 0) is 38.4 Å². The molecule has 1 unspecified atom stereocenters. The van der Waals surface area contributed by atoms with Gasteiger partial charge in [-0.2, -0.15) is 0 Å². The van der Waals surface area contributed by atoms with Gasteiger partial charge in [0.2, 0.25) is 0 Å². The topological polar surface area (TPSA) is 42.3 Å². The second-order valence-corrected chi connectivity index (χ2v) is 7.09. The fraction of sp³-hybridized carbons (Fsp3) is 0.684. The molecule has 0 spiro atoms. The second-order valence-electron chi connectivity index (χ2n) is 7.09. The van der Waals surface area contributed by atoms with Gasteiger partial charge in [-0.15, -0.1) is 0 Å². The molecule has 1 rings (SSSR count). The number of rotatable bonds is 10. The van der Waals surface area contributed by atoms with Crippen molar-refractivity contribution in [3.05, 3.63) is 34.2 Å². The van der Waals surface area contributed by atoms with Crippen molar-refractivity contribution in [2.45, 2.75) is 65.5 Å². The van der Waals surface area contributed by atoms with Crippen LogP contribution in [-0.4, -0.2) is 29.3 Å². The summed E-state index contributed by atoms with van der Waals surface area (Å²) in [5, 5.41) is 0. The number of hydrogen-bond donors (Lipinski definition) is 0. The van der Waals surface area contributed by atoms with Gasteiger partial charge in [0.25, 0.3) is 5.56 Å². The molecule has 0 aliphatic heterocycles. The van der Waals surface area contributed by atoms with Crippen LogP contribution in [0.15, 0.2) is 23.1 Å². The minimum atomic E-state index is -0.332. The van der Waals surface area contributed by atoms with Crippen molar-refractivity contribution in [2.75, 3.05) is 14.1 Å². The van der Waals surface area contributed by atoms with Crippen LogP contribution in [0, 0.1) is 5.92 Å². The first-order chi connectivity index (χ1) is 10.8. The van der Waals surface area contributed by atoms with Crippen molar-refractivity contribution >= 4 is 5.78 Å². The number of Topliss-reactive ketones (excluding diaryl/α,β-unsaturated/α-hetero) is 1. The molecule has 23 heavy (non-hydrogen) atoms. The van der Waals surface area contributed by atoms with E-state index in [0.717, 1.165) is 37.8 Å². The average molecular weight is 320 g/mol. The van der Waals surface area contributed by atoms with Crippen LogP contribution in [0.3, 0.4) is 0 Å². The molecule has 0 N–H and O–H groups in total. The number of hydrogen-bond acceptors (Lipinski definition) is 3. The van der Waals surface area contributed by atoms with Crippen LogP contribution in [-0.2, 0) is 11.3 Å². The Labute approximate surface area is 140 Å². The lowest BCUT2D eigenvalue weighted by molar-refractivity contribution is -0.122. The molecule has 1 aromatic rings. The lowest BCUT2D eigenvalue weighted by atomic mass is 9.96. The molecule has 0 saturated heterocycles. The quantitative estimate of drug-likeness (QED) is 0.618. The SMILES string of the molecule is CCCCCC(=O)C(CC(C)C)n1cc(CN(C)C)ccc1=O. The Balaban J connectivity index is 3.05. The highest BCUT2D eigenvalue weighted by Crippen LogP contribution is 2.20.